The van der Waals surface area contributed by atoms with Crippen LogP contribution in [0.5, 0.6) is 0 Å². The molecule has 0 radical (unpaired) electrons. The third-order valence-electron chi connectivity index (χ3n) is 3.97. The topological polar surface area (TPSA) is 79.4 Å². The van der Waals surface area contributed by atoms with Crippen LogP contribution in [0.1, 0.15) is 20.9 Å². The molecule has 1 aromatic carbocycles. The van der Waals surface area contributed by atoms with Gasteiger partial charge in [0.2, 0.25) is 10.0 Å². The van der Waals surface area contributed by atoms with Crippen molar-refractivity contribution in [3.63, 3.8) is 0 Å². The first-order chi connectivity index (χ1) is 12.7. The van der Waals surface area contributed by atoms with Crippen LogP contribution in [0.2, 0.25) is 0 Å². The number of thiophene rings is 1. The Kier molecular flexibility index (Phi) is 5.48. The van der Waals surface area contributed by atoms with E-state index >= 15 is 0 Å². The molecule has 0 saturated carbocycles. The molecule has 0 bridgehead atoms. The van der Waals surface area contributed by atoms with Crippen LogP contribution >= 0.6 is 22.7 Å². The lowest BCUT2D eigenvalue weighted by molar-refractivity contribution is 0.102. The molecule has 2 aromatic heterocycles. The molecule has 1 N–H and O–H groups in total. The maximum Gasteiger partial charge on any atom is 0.267 e. The molecule has 3 rings (SSSR count). The standard InChI is InChI=1S/C18H19N3O3S3/c1-11-7-8-13(27(23,24)21(3)4)10-14(11)20-17(22)16-12(2)19-18(26-16)15-6-5-9-25-15/h5-10H,1-4H3,(H,20,22). The maximum atomic E-state index is 12.8. The minimum atomic E-state index is -3.58. The van der Waals surface area contributed by atoms with Crippen molar-refractivity contribution < 1.29 is 13.2 Å². The normalized spacial score (nSPS) is 11.7. The van der Waals surface area contributed by atoms with E-state index in [2.05, 4.69) is 10.3 Å². The first kappa shape index (κ1) is 19.7. The second-order valence-electron chi connectivity index (χ2n) is 6.13. The van der Waals surface area contributed by atoms with Gasteiger partial charge in [0, 0.05) is 19.8 Å². The molecule has 0 unspecified atom stereocenters. The predicted octanol–water partition coefficient (Wildman–Crippen LogP) is 3.99. The summed E-state index contributed by atoms with van der Waals surface area (Å²) < 4.78 is 25.8. The molecule has 0 aliphatic heterocycles. The Hall–Kier alpha value is -2.07. The fraction of sp³-hybridized carbons (Fsp3) is 0.222. The first-order valence-corrected chi connectivity index (χ1v) is 11.2. The number of aromatic nitrogens is 1. The number of anilines is 1. The van der Waals surface area contributed by atoms with Gasteiger partial charge in [-0.1, -0.05) is 12.1 Å². The smallest absolute Gasteiger partial charge is 0.267 e. The molecule has 3 aromatic rings. The molecule has 9 heteroatoms. The molecule has 1 amide bonds. The second-order valence-corrected chi connectivity index (χ2v) is 10.2. The molecule has 2 heterocycles. The van der Waals surface area contributed by atoms with E-state index in [1.165, 1.54) is 37.6 Å². The van der Waals surface area contributed by atoms with Crippen molar-refractivity contribution in [3.05, 3.63) is 51.8 Å². The van der Waals surface area contributed by atoms with Gasteiger partial charge in [-0.3, -0.25) is 4.79 Å². The lowest BCUT2D eigenvalue weighted by atomic mass is 10.2. The minimum Gasteiger partial charge on any atom is -0.321 e. The summed E-state index contributed by atoms with van der Waals surface area (Å²) >= 11 is 2.89. The van der Waals surface area contributed by atoms with Crippen LogP contribution in [0.3, 0.4) is 0 Å². The van der Waals surface area contributed by atoms with Gasteiger partial charge in [0.25, 0.3) is 5.91 Å². The number of carbonyl (C=O) groups excluding carboxylic acids is 1. The van der Waals surface area contributed by atoms with Crippen molar-refractivity contribution in [3.8, 4) is 9.88 Å². The highest BCUT2D eigenvalue weighted by molar-refractivity contribution is 7.89. The first-order valence-electron chi connectivity index (χ1n) is 8.06. The number of rotatable bonds is 5. The van der Waals surface area contributed by atoms with E-state index in [0.29, 0.717) is 16.3 Å². The molecule has 0 spiro atoms. The van der Waals surface area contributed by atoms with Gasteiger partial charge in [0.05, 0.1) is 15.5 Å². The average molecular weight is 422 g/mol. The number of sulfonamides is 1. The van der Waals surface area contributed by atoms with E-state index < -0.39 is 10.0 Å². The average Bonchev–Trinajstić information content (AvgIpc) is 3.25. The summed E-state index contributed by atoms with van der Waals surface area (Å²) in [5.74, 6) is -0.296. The van der Waals surface area contributed by atoms with E-state index in [1.54, 1.807) is 24.3 Å². The molecule has 27 heavy (non-hydrogen) atoms. The van der Waals surface area contributed by atoms with Gasteiger partial charge in [0.15, 0.2) is 0 Å². The van der Waals surface area contributed by atoms with Crippen LogP contribution in [-0.4, -0.2) is 37.7 Å². The Morgan fingerprint density at radius 1 is 1.19 bits per heavy atom. The number of hydrogen-bond acceptors (Lipinski definition) is 6. The van der Waals surface area contributed by atoms with Gasteiger partial charge >= 0.3 is 0 Å². The van der Waals surface area contributed by atoms with Gasteiger partial charge < -0.3 is 5.32 Å². The van der Waals surface area contributed by atoms with Crippen LogP contribution in [0.25, 0.3) is 9.88 Å². The second kappa shape index (κ2) is 7.51. The zero-order valence-corrected chi connectivity index (χ0v) is 17.8. The maximum absolute atomic E-state index is 12.8. The van der Waals surface area contributed by atoms with Crippen molar-refractivity contribution in [2.75, 3.05) is 19.4 Å². The van der Waals surface area contributed by atoms with Crippen molar-refractivity contribution in [1.29, 1.82) is 0 Å². The Bertz CT molecular complexity index is 1080. The summed E-state index contributed by atoms with van der Waals surface area (Å²) in [6, 6.07) is 8.61. The Balaban J connectivity index is 1.91. The number of carbonyl (C=O) groups is 1. The number of nitrogens with one attached hydrogen (secondary N) is 1. The molecular weight excluding hydrogens is 402 g/mol. The van der Waals surface area contributed by atoms with Crippen LogP contribution in [0.4, 0.5) is 5.69 Å². The van der Waals surface area contributed by atoms with Crippen LogP contribution < -0.4 is 5.32 Å². The van der Waals surface area contributed by atoms with Gasteiger partial charge in [-0.15, -0.1) is 22.7 Å². The molecule has 0 atom stereocenters. The molecule has 0 saturated heterocycles. The van der Waals surface area contributed by atoms with Crippen molar-refractivity contribution in [1.82, 2.24) is 9.29 Å². The van der Waals surface area contributed by atoms with Gasteiger partial charge in [-0.25, -0.2) is 17.7 Å². The number of benzene rings is 1. The number of aryl methyl sites for hydroxylation is 2. The lowest BCUT2D eigenvalue weighted by Crippen LogP contribution is -2.22. The summed E-state index contributed by atoms with van der Waals surface area (Å²) in [4.78, 5) is 18.9. The molecular formula is C18H19N3O3S3. The third kappa shape index (κ3) is 3.96. The van der Waals surface area contributed by atoms with Crippen molar-refractivity contribution in [2.45, 2.75) is 18.7 Å². The SMILES string of the molecule is Cc1ccc(S(=O)(=O)N(C)C)cc1NC(=O)c1sc(-c2cccs2)nc1C. The monoisotopic (exact) mass is 421 g/mol. The number of hydrogen-bond donors (Lipinski definition) is 1. The van der Waals surface area contributed by atoms with Gasteiger partial charge in [-0.2, -0.15) is 0 Å². The van der Waals surface area contributed by atoms with Gasteiger partial charge in [0.1, 0.15) is 9.88 Å². The summed E-state index contributed by atoms with van der Waals surface area (Å²) in [5.41, 5.74) is 1.89. The van der Waals surface area contributed by atoms with E-state index in [0.717, 1.165) is 19.8 Å². The van der Waals surface area contributed by atoms with Crippen molar-refractivity contribution >= 4 is 44.3 Å². The molecule has 6 nitrogen and oxygen atoms in total. The molecule has 0 aliphatic carbocycles. The highest BCUT2D eigenvalue weighted by atomic mass is 32.2. The highest BCUT2D eigenvalue weighted by Gasteiger charge is 2.21. The Morgan fingerprint density at radius 3 is 2.56 bits per heavy atom. The zero-order chi connectivity index (χ0) is 19.8. The number of thiazole rings is 1. The third-order valence-corrected chi connectivity index (χ3v) is 7.98. The zero-order valence-electron chi connectivity index (χ0n) is 15.3. The predicted molar refractivity (Wildman–Crippen MR) is 110 cm³/mol. The summed E-state index contributed by atoms with van der Waals surface area (Å²) in [6.07, 6.45) is 0. The van der Waals surface area contributed by atoms with Crippen LogP contribution in [0, 0.1) is 13.8 Å². The lowest BCUT2D eigenvalue weighted by Gasteiger charge is -2.14. The van der Waals surface area contributed by atoms with E-state index in [1.807, 2.05) is 24.4 Å². The number of amides is 1. The quantitative estimate of drug-likeness (QED) is 0.675. The summed E-state index contributed by atoms with van der Waals surface area (Å²) in [5, 5.41) is 5.59. The fourth-order valence-corrected chi connectivity index (χ4v) is 5.09. The summed E-state index contributed by atoms with van der Waals surface area (Å²) in [7, 11) is -0.632. The minimum absolute atomic E-state index is 0.133. The molecule has 142 valence electrons. The molecule has 0 aliphatic rings. The molecule has 0 fully saturated rings. The van der Waals surface area contributed by atoms with Crippen LogP contribution in [-0.2, 0) is 10.0 Å². The van der Waals surface area contributed by atoms with E-state index in [9.17, 15) is 13.2 Å². The van der Waals surface area contributed by atoms with Gasteiger partial charge in [-0.05, 0) is 43.0 Å². The Morgan fingerprint density at radius 2 is 1.93 bits per heavy atom. The van der Waals surface area contributed by atoms with Crippen molar-refractivity contribution in [2.24, 2.45) is 0 Å². The summed E-state index contributed by atoms with van der Waals surface area (Å²) in [6.45, 7) is 3.61. The van der Waals surface area contributed by atoms with E-state index in [4.69, 9.17) is 0 Å². The fourth-order valence-electron chi connectivity index (χ4n) is 2.40. The largest absolute Gasteiger partial charge is 0.321 e. The highest BCUT2D eigenvalue weighted by Crippen LogP contribution is 2.32. The van der Waals surface area contributed by atoms with E-state index in [-0.39, 0.29) is 10.8 Å². The number of nitrogens with zero attached hydrogens (tertiary/aromatic N) is 2. The van der Waals surface area contributed by atoms with Crippen LogP contribution in [0.15, 0.2) is 40.6 Å². The Labute approximate surface area is 166 Å².